The summed E-state index contributed by atoms with van der Waals surface area (Å²) in [4.78, 5) is 40.1. The van der Waals surface area contributed by atoms with Crippen LogP contribution in [0.3, 0.4) is 0 Å². The van der Waals surface area contributed by atoms with E-state index in [0.717, 1.165) is 0 Å². The predicted molar refractivity (Wildman–Crippen MR) is 101 cm³/mol. The molecule has 2 aliphatic rings. The van der Waals surface area contributed by atoms with Crippen molar-refractivity contribution in [3.8, 4) is 0 Å². The van der Waals surface area contributed by atoms with E-state index >= 15 is 0 Å². The topological polar surface area (TPSA) is 125 Å². The van der Waals surface area contributed by atoms with Gasteiger partial charge in [-0.1, -0.05) is 0 Å². The Morgan fingerprint density at radius 3 is 2.14 bits per heavy atom. The average Bonchev–Trinajstić information content (AvgIpc) is 3.30. The minimum Gasteiger partial charge on any atom is -0.480 e. The molecule has 0 radical (unpaired) electrons. The predicted octanol–water partition coefficient (Wildman–Crippen LogP) is 1.21. The van der Waals surface area contributed by atoms with E-state index in [0.29, 0.717) is 38.8 Å². The minimum atomic E-state index is -3.63. The van der Waals surface area contributed by atoms with Gasteiger partial charge in [0, 0.05) is 13.1 Å². The summed E-state index contributed by atoms with van der Waals surface area (Å²) in [6.45, 7) is 5.96. The second kappa shape index (κ2) is 9.82. The fourth-order valence-electron chi connectivity index (χ4n) is 3.76. The number of rotatable bonds is 9. The Bertz CT molecular complexity index is 634. The number of nitrogens with one attached hydrogen (secondary N) is 1. The zero-order valence-electron chi connectivity index (χ0n) is 16.6. The maximum atomic E-state index is 12.9. The van der Waals surface area contributed by atoms with Crippen molar-refractivity contribution in [2.45, 2.75) is 64.6 Å². The zero-order valence-corrected chi connectivity index (χ0v) is 17.5. The maximum absolute atomic E-state index is 12.9. The molecule has 2 aliphatic heterocycles. The molecule has 2 rings (SSSR count). The molecule has 3 unspecified atom stereocenters. The van der Waals surface area contributed by atoms with Crippen LogP contribution in [0.5, 0.6) is 0 Å². The highest BCUT2D eigenvalue weighted by Gasteiger charge is 2.43. The number of aliphatic carboxylic acids is 1. The van der Waals surface area contributed by atoms with Gasteiger partial charge in [-0.2, -0.15) is 0 Å². The lowest BCUT2D eigenvalue weighted by molar-refractivity contribution is -0.152. The van der Waals surface area contributed by atoms with Crippen LogP contribution in [0.2, 0.25) is 0 Å². The Morgan fingerprint density at radius 2 is 1.61 bits per heavy atom. The number of carboxylic acids is 1. The molecular formula is C17H30N3O7P. The number of carboxylic acid groups (broad SMARTS) is 1. The molecule has 2 heterocycles. The van der Waals surface area contributed by atoms with Crippen LogP contribution in [-0.4, -0.2) is 77.1 Å². The van der Waals surface area contributed by atoms with Crippen molar-refractivity contribution in [1.82, 2.24) is 14.9 Å². The van der Waals surface area contributed by atoms with E-state index in [-0.39, 0.29) is 25.0 Å². The van der Waals surface area contributed by atoms with Gasteiger partial charge in [-0.25, -0.2) is 14.4 Å². The van der Waals surface area contributed by atoms with Crippen LogP contribution in [-0.2, 0) is 28.0 Å². The lowest BCUT2D eigenvalue weighted by Crippen LogP contribution is -2.53. The van der Waals surface area contributed by atoms with Gasteiger partial charge in [0.15, 0.2) is 0 Å². The Kier molecular flexibility index (Phi) is 8.00. The highest BCUT2D eigenvalue weighted by Crippen LogP contribution is 2.44. The number of carbonyl (C=O) groups is 3. The van der Waals surface area contributed by atoms with Crippen molar-refractivity contribution in [3.63, 3.8) is 0 Å². The lowest BCUT2D eigenvalue weighted by Gasteiger charge is -2.32. The molecule has 28 heavy (non-hydrogen) atoms. The maximum Gasteiger partial charge on any atom is 0.406 e. The molecule has 0 spiro atoms. The molecule has 0 aromatic carbocycles. The normalized spacial score (nSPS) is 23.8. The minimum absolute atomic E-state index is 0.154. The van der Waals surface area contributed by atoms with Crippen molar-refractivity contribution >= 4 is 25.5 Å². The number of hydrogen-bond acceptors (Lipinski definition) is 6. The number of nitrogens with zero attached hydrogens (tertiary/aromatic N) is 2. The van der Waals surface area contributed by atoms with E-state index in [9.17, 15) is 24.1 Å². The summed E-state index contributed by atoms with van der Waals surface area (Å²) in [5.41, 5.74) is 0. The van der Waals surface area contributed by atoms with Crippen LogP contribution in [0, 0.1) is 0 Å². The first-order chi connectivity index (χ1) is 13.2. The molecular weight excluding hydrogens is 389 g/mol. The van der Waals surface area contributed by atoms with Crippen molar-refractivity contribution < 1.29 is 33.1 Å². The first-order valence-corrected chi connectivity index (χ1v) is 11.3. The van der Waals surface area contributed by atoms with Gasteiger partial charge in [-0.3, -0.25) is 18.6 Å². The van der Waals surface area contributed by atoms with Gasteiger partial charge >= 0.3 is 13.7 Å². The first-order valence-electron chi connectivity index (χ1n) is 9.74. The van der Waals surface area contributed by atoms with Gasteiger partial charge < -0.3 is 14.9 Å². The van der Waals surface area contributed by atoms with Crippen molar-refractivity contribution in [1.29, 1.82) is 0 Å². The first kappa shape index (κ1) is 22.8. The summed E-state index contributed by atoms with van der Waals surface area (Å²) >= 11 is 0. The van der Waals surface area contributed by atoms with Gasteiger partial charge in [0.2, 0.25) is 11.8 Å². The summed E-state index contributed by atoms with van der Waals surface area (Å²) in [5.74, 6) is -1.74. The Labute approximate surface area is 165 Å². The second-order valence-corrected chi connectivity index (χ2v) is 8.67. The van der Waals surface area contributed by atoms with Gasteiger partial charge in [-0.15, -0.1) is 0 Å². The summed E-state index contributed by atoms with van der Waals surface area (Å²) in [6, 6.07) is -2.42. The van der Waals surface area contributed by atoms with E-state index < -0.39 is 31.8 Å². The summed E-state index contributed by atoms with van der Waals surface area (Å²) < 4.78 is 22.9. The molecule has 0 aromatic rings. The number of hydrogen-bond donors (Lipinski definition) is 2. The Balaban J connectivity index is 2.08. The van der Waals surface area contributed by atoms with Crippen LogP contribution in [0.25, 0.3) is 0 Å². The van der Waals surface area contributed by atoms with Gasteiger partial charge in [0.05, 0.1) is 19.3 Å². The van der Waals surface area contributed by atoms with Crippen LogP contribution in [0.15, 0.2) is 0 Å². The molecule has 2 saturated heterocycles. The van der Waals surface area contributed by atoms with Crippen LogP contribution in [0.1, 0.15) is 46.5 Å². The summed E-state index contributed by atoms with van der Waals surface area (Å²) in [5, 5.41) is 12.0. The fourth-order valence-corrected chi connectivity index (χ4v) is 5.25. The van der Waals surface area contributed by atoms with Gasteiger partial charge in [-0.05, 0) is 46.5 Å². The molecule has 0 bridgehead atoms. The van der Waals surface area contributed by atoms with Crippen molar-refractivity contribution in [3.05, 3.63) is 0 Å². The molecule has 2 N–H and O–H groups in total. The molecule has 2 amide bonds. The molecule has 0 aliphatic carbocycles. The molecule has 0 aromatic heterocycles. The van der Waals surface area contributed by atoms with E-state index in [1.54, 1.807) is 20.8 Å². The number of carbonyl (C=O) groups excluding carboxylic acids is 2. The Morgan fingerprint density at radius 1 is 1.07 bits per heavy atom. The molecule has 160 valence electrons. The smallest absolute Gasteiger partial charge is 0.406 e. The quantitative estimate of drug-likeness (QED) is 0.534. The number of likely N-dealkylation sites (tertiary alicyclic amines) is 2. The molecule has 3 atom stereocenters. The third-order valence-electron chi connectivity index (χ3n) is 4.96. The van der Waals surface area contributed by atoms with E-state index in [1.165, 1.54) is 9.80 Å². The largest absolute Gasteiger partial charge is 0.480 e. The average molecular weight is 419 g/mol. The van der Waals surface area contributed by atoms with Crippen LogP contribution < -0.4 is 5.09 Å². The van der Waals surface area contributed by atoms with E-state index in [4.69, 9.17) is 9.05 Å². The SMILES string of the molecule is CCOP(=O)(NC(C)C(=O)N1CCCC1C(=O)N1CCCC1C(=O)O)OCC. The third kappa shape index (κ3) is 5.11. The van der Waals surface area contributed by atoms with Gasteiger partial charge in [0.1, 0.15) is 12.1 Å². The molecule has 2 fully saturated rings. The standard InChI is InChI=1S/C17H30N3O7P/c1-4-26-28(25,27-5-2)18-12(3)15(21)19-10-6-8-13(19)16(22)20-11-7-9-14(20)17(23)24/h12-14H,4-11H2,1-3H3,(H,18,25)(H,23,24). The van der Waals surface area contributed by atoms with Gasteiger partial charge in [0.25, 0.3) is 0 Å². The summed E-state index contributed by atoms with van der Waals surface area (Å²) in [7, 11) is -3.63. The van der Waals surface area contributed by atoms with Crippen LogP contribution in [0.4, 0.5) is 0 Å². The van der Waals surface area contributed by atoms with Crippen molar-refractivity contribution in [2.24, 2.45) is 0 Å². The Hall–Kier alpha value is -1.48. The summed E-state index contributed by atoms with van der Waals surface area (Å²) in [6.07, 6.45) is 2.18. The van der Waals surface area contributed by atoms with E-state index in [1.807, 2.05) is 0 Å². The highest BCUT2D eigenvalue weighted by atomic mass is 31.2. The number of amides is 2. The van der Waals surface area contributed by atoms with E-state index in [2.05, 4.69) is 5.09 Å². The monoisotopic (exact) mass is 419 g/mol. The highest BCUT2D eigenvalue weighted by molar-refractivity contribution is 7.51. The molecule has 11 heteroatoms. The lowest BCUT2D eigenvalue weighted by atomic mass is 10.1. The van der Waals surface area contributed by atoms with Crippen molar-refractivity contribution in [2.75, 3.05) is 26.3 Å². The fraction of sp³-hybridized carbons (Fsp3) is 0.824. The van der Waals surface area contributed by atoms with Crippen LogP contribution >= 0.6 is 7.75 Å². The molecule has 10 nitrogen and oxygen atoms in total. The second-order valence-electron chi connectivity index (χ2n) is 6.90. The zero-order chi connectivity index (χ0) is 20.9. The molecule has 0 saturated carbocycles. The third-order valence-corrected chi connectivity index (χ3v) is 6.86.